The lowest BCUT2D eigenvalue weighted by atomic mass is 10.2. The molecule has 0 aliphatic carbocycles. The van der Waals surface area contributed by atoms with Crippen LogP contribution in [-0.4, -0.2) is 49.1 Å². The van der Waals surface area contributed by atoms with E-state index in [1.807, 2.05) is 19.9 Å². The number of halogens is 3. The van der Waals surface area contributed by atoms with Crippen LogP contribution < -0.4 is 20.1 Å². The Balaban J connectivity index is 0.00000512. The number of nitrogens with zero attached hydrogens (tertiary/aromatic N) is 2. The highest BCUT2D eigenvalue weighted by molar-refractivity contribution is 5.96. The van der Waals surface area contributed by atoms with Crippen LogP contribution in [-0.2, 0) is 11.3 Å². The zero-order chi connectivity index (χ0) is 22.9. The summed E-state index contributed by atoms with van der Waals surface area (Å²) in [5, 5.41) is 5.79. The molecule has 1 amide bonds. The molecule has 174 valence electrons. The summed E-state index contributed by atoms with van der Waals surface area (Å²) in [6.07, 6.45) is -3.59. The van der Waals surface area contributed by atoms with Crippen LogP contribution in [0, 0.1) is 6.92 Å². The van der Waals surface area contributed by atoms with Gasteiger partial charge in [0.1, 0.15) is 18.1 Å². The van der Waals surface area contributed by atoms with Gasteiger partial charge in [0.2, 0.25) is 11.8 Å². The summed E-state index contributed by atoms with van der Waals surface area (Å²) in [7, 11) is 1.26. The summed E-state index contributed by atoms with van der Waals surface area (Å²) < 4.78 is 51.9. The van der Waals surface area contributed by atoms with Gasteiger partial charge in [-0.25, -0.2) is 4.98 Å². The number of hydrogen-bond donors (Lipinski definition) is 2. The number of hydrogen-bond acceptors (Lipinski definition) is 7. The Hall–Kier alpha value is -3.08. The third-order valence-electron chi connectivity index (χ3n) is 3.83. The van der Waals surface area contributed by atoms with Crippen molar-refractivity contribution >= 4 is 11.7 Å². The van der Waals surface area contributed by atoms with Crippen molar-refractivity contribution in [3.63, 3.8) is 0 Å². The minimum atomic E-state index is -4.50. The zero-order valence-corrected chi connectivity index (χ0v) is 17.5. The fourth-order valence-corrected chi connectivity index (χ4v) is 2.54. The number of methoxy groups -OCH3 is 1. The van der Waals surface area contributed by atoms with Crippen LogP contribution in [0.1, 0.15) is 37.8 Å². The van der Waals surface area contributed by atoms with Gasteiger partial charge in [-0.1, -0.05) is 6.92 Å². The molecule has 0 spiro atoms. The molecule has 2 aromatic rings. The Morgan fingerprint density at radius 1 is 1.23 bits per heavy atom. The number of amides is 1. The minimum absolute atomic E-state index is 0. The number of aryl methyl sites for hydroxylation is 1. The van der Waals surface area contributed by atoms with E-state index in [-0.39, 0.29) is 26.7 Å². The summed E-state index contributed by atoms with van der Waals surface area (Å²) in [5.41, 5.74) is 1.63. The summed E-state index contributed by atoms with van der Waals surface area (Å²) in [4.78, 5) is 20.7. The molecule has 0 saturated carbocycles. The highest BCUT2D eigenvalue weighted by Gasteiger charge is 2.29. The quantitative estimate of drug-likeness (QED) is 0.399. The topological polar surface area (TPSA) is 94.6 Å². The van der Waals surface area contributed by atoms with E-state index in [4.69, 9.17) is 9.47 Å². The van der Waals surface area contributed by atoms with Gasteiger partial charge in [-0.15, -0.1) is 0 Å². The first kappa shape index (κ1) is 24.2. The van der Waals surface area contributed by atoms with Gasteiger partial charge in [0, 0.05) is 27.8 Å². The van der Waals surface area contributed by atoms with E-state index < -0.39 is 18.7 Å². The predicted molar refractivity (Wildman–Crippen MR) is 111 cm³/mol. The molecule has 2 rings (SSSR count). The molecule has 31 heavy (non-hydrogen) atoms. The average Bonchev–Trinajstić information content (AvgIpc) is 2.72. The lowest BCUT2D eigenvalue weighted by Gasteiger charge is -2.13. The molecular weight excluding hydrogens is 417 g/mol. The number of rotatable bonds is 11. The maximum absolute atomic E-state index is 12.5. The lowest BCUT2D eigenvalue weighted by Crippen LogP contribution is -2.24. The van der Waals surface area contributed by atoms with Crippen LogP contribution in [0.2, 0.25) is 0 Å². The van der Waals surface area contributed by atoms with Gasteiger partial charge in [0.05, 0.1) is 7.11 Å². The monoisotopic (exact) mass is 446 g/mol. The number of anilines is 1. The van der Waals surface area contributed by atoms with Crippen molar-refractivity contribution in [2.45, 2.75) is 33.0 Å². The van der Waals surface area contributed by atoms with Crippen molar-refractivity contribution < 1.29 is 35.0 Å². The van der Waals surface area contributed by atoms with E-state index >= 15 is 0 Å². The SMILES string of the molecule is CCCOCNc1cc(CNC(=O)c2ccc(OCC(F)(F)F)nc2OC)cc(C)n1.[HH].[HH]. The van der Waals surface area contributed by atoms with E-state index in [0.29, 0.717) is 19.2 Å². The minimum Gasteiger partial charge on any atom is -0.480 e. The highest BCUT2D eigenvalue weighted by atomic mass is 19.4. The normalized spacial score (nSPS) is 11.2. The van der Waals surface area contributed by atoms with E-state index in [2.05, 4.69) is 25.3 Å². The van der Waals surface area contributed by atoms with Crippen molar-refractivity contribution in [3.05, 3.63) is 41.1 Å². The third kappa shape index (κ3) is 8.28. The Bertz CT molecular complexity index is 889. The molecule has 0 bridgehead atoms. The van der Waals surface area contributed by atoms with Crippen LogP contribution in [0.5, 0.6) is 11.8 Å². The molecule has 0 fully saturated rings. The van der Waals surface area contributed by atoms with Crippen molar-refractivity contribution in [2.24, 2.45) is 0 Å². The second kappa shape index (κ2) is 11.3. The number of alkyl halides is 3. The van der Waals surface area contributed by atoms with E-state index in [0.717, 1.165) is 17.7 Å². The predicted octanol–water partition coefficient (Wildman–Crippen LogP) is 3.95. The number of aromatic nitrogens is 2. The molecule has 0 radical (unpaired) electrons. The Morgan fingerprint density at radius 3 is 2.68 bits per heavy atom. The molecule has 2 aromatic heterocycles. The Labute approximate surface area is 181 Å². The third-order valence-corrected chi connectivity index (χ3v) is 3.83. The zero-order valence-electron chi connectivity index (χ0n) is 17.5. The van der Waals surface area contributed by atoms with Gasteiger partial charge >= 0.3 is 6.18 Å². The first-order valence-electron chi connectivity index (χ1n) is 9.53. The number of pyridine rings is 2. The van der Waals surface area contributed by atoms with E-state index in [1.54, 1.807) is 6.07 Å². The largest absolute Gasteiger partial charge is 0.480 e. The highest BCUT2D eigenvalue weighted by Crippen LogP contribution is 2.22. The Morgan fingerprint density at radius 2 is 2.00 bits per heavy atom. The molecule has 0 saturated heterocycles. The van der Waals surface area contributed by atoms with Crippen molar-refractivity contribution in [1.82, 2.24) is 15.3 Å². The van der Waals surface area contributed by atoms with Crippen molar-refractivity contribution in [1.29, 1.82) is 0 Å². The van der Waals surface area contributed by atoms with Crippen LogP contribution in [0.15, 0.2) is 24.3 Å². The molecule has 2 N–H and O–H groups in total. The smallest absolute Gasteiger partial charge is 0.422 e. The van der Waals surface area contributed by atoms with Crippen molar-refractivity contribution in [3.8, 4) is 11.8 Å². The fraction of sp³-hybridized carbons (Fsp3) is 0.450. The molecule has 8 nitrogen and oxygen atoms in total. The maximum atomic E-state index is 12.5. The molecule has 11 heteroatoms. The van der Waals surface area contributed by atoms with Crippen LogP contribution in [0.25, 0.3) is 0 Å². The van der Waals surface area contributed by atoms with Gasteiger partial charge in [-0.2, -0.15) is 18.2 Å². The molecule has 0 unspecified atom stereocenters. The number of nitrogens with one attached hydrogen (secondary N) is 2. The molecule has 0 aliphatic rings. The van der Waals surface area contributed by atoms with Crippen LogP contribution in [0.4, 0.5) is 19.0 Å². The van der Waals surface area contributed by atoms with Crippen LogP contribution >= 0.6 is 0 Å². The first-order valence-corrected chi connectivity index (χ1v) is 9.53. The maximum Gasteiger partial charge on any atom is 0.422 e. The fourth-order valence-electron chi connectivity index (χ4n) is 2.54. The average molecular weight is 446 g/mol. The summed E-state index contributed by atoms with van der Waals surface area (Å²) in [5.74, 6) is -0.317. The molecule has 0 atom stereocenters. The molecule has 0 aliphatic heterocycles. The van der Waals surface area contributed by atoms with Gasteiger partial charge in [0.25, 0.3) is 5.91 Å². The second-order valence-corrected chi connectivity index (χ2v) is 6.52. The lowest BCUT2D eigenvalue weighted by molar-refractivity contribution is -0.154. The second-order valence-electron chi connectivity index (χ2n) is 6.52. The first-order chi connectivity index (χ1) is 14.7. The van der Waals surface area contributed by atoms with E-state index in [9.17, 15) is 18.0 Å². The van der Waals surface area contributed by atoms with Gasteiger partial charge in [-0.05, 0) is 37.1 Å². The number of carbonyl (C=O) groups is 1. The molecular formula is C20H29F3N4O4. The number of carbonyl (C=O) groups excluding carboxylic acids is 1. The van der Waals surface area contributed by atoms with Crippen molar-refractivity contribution in [2.75, 3.05) is 32.4 Å². The van der Waals surface area contributed by atoms with E-state index in [1.165, 1.54) is 19.2 Å². The van der Waals surface area contributed by atoms with Gasteiger partial charge in [0.15, 0.2) is 6.61 Å². The van der Waals surface area contributed by atoms with Gasteiger partial charge in [-0.3, -0.25) is 4.79 Å². The number of ether oxygens (including phenoxy) is 3. The summed E-state index contributed by atoms with van der Waals surface area (Å²) in [6.45, 7) is 3.51. The molecule has 2 heterocycles. The standard InChI is InChI=1S/C20H25F3N4O4.2H2/c1-4-7-30-12-25-16-9-14(8-13(2)26-16)10-24-18(28)15-5-6-17(27-19(15)29-3)31-11-20(21,22)23;;/h5-6,8-9H,4,7,10-12H2,1-3H3,(H,24,28)(H,25,26);2*1H. The Kier molecular flexibility index (Phi) is 8.86. The summed E-state index contributed by atoms with van der Waals surface area (Å²) in [6, 6.07) is 6.08. The summed E-state index contributed by atoms with van der Waals surface area (Å²) >= 11 is 0. The molecule has 0 aromatic carbocycles. The van der Waals surface area contributed by atoms with Gasteiger partial charge < -0.3 is 24.8 Å². The van der Waals surface area contributed by atoms with Crippen LogP contribution in [0.3, 0.4) is 0 Å².